The fourth-order valence-corrected chi connectivity index (χ4v) is 2.15. The molecule has 0 radical (unpaired) electrons. The van der Waals surface area contributed by atoms with Crippen LogP contribution in [0.2, 0.25) is 0 Å². The Morgan fingerprint density at radius 1 is 1.35 bits per heavy atom. The van der Waals surface area contributed by atoms with Crippen LogP contribution in [0.25, 0.3) is 0 Å². The molecule has 0 aliphatic rings. The van der Waals surface area contributed by atoms with E-state index in [4.69, 9.17) is 5.11 Å². The number of amides is 1. The molecule has 2 rings (SSSR count). The number of anilines is 1. The Balaban J connectivity index is 2.05. The van der Waals surface area contributed by atoms with Gasteiger partial charge in [0, 0.05) is 23.5 Å². The minimum absolute atomic E-state index is 0.129. The first kappa shape index (κ1) is 16.6. The number of carboxylic acids is 1. The highest BCUT2D eigenvalue weighted by atomic mass is 19.3. The maximum absolute atomic E-state index is 12.8. The van der Waals surface area contributed by atoms with E-state index in [1.54, 1.807) is 6.92 Å². The number of nitrogens with one attached hydrogen (secondary N) is 1. The zero-order chi connectivity index (χ0) is 17.1. The summed E-state index contributed by atoms with van der Waals surface area (Å²) in [6, 6.07) is 1.45. The number of aromatic nitrogens is 4. The molecule has 10 heteroatoms. The van der Waals surface area contributed by atoms with Gasteiger partial charge in [0.15, 0.2) is 5.82 Å². The van der Waals surface area contributed by atoms with Gasteiger partial charge >= 0.3 is 12.5 Å². The fourth-order valence-electron chi connectivity index (χ4n) is 2.15. The van der Waals surface area contributed by atoms with Crippen LogP contribution in [-0.4, -0.2) is 36.5 Å². The monoisotopic (exact) mass is 327 g/mol. The average molecular weight is 327 g/mol. The Hall–Kier alpha value is -2.78. The molecule has 2 aromatic rings. The van der Waals surface area contributed by atoms with Gasteiger partial charge in [0.2, 0.25) is 5.91 Å². The molecule has 0 atom stereocenters. The molecule has 0 saturated carbocycles. The normalized spacial score (nSPS) is 11.0. The molecule has 0 aliphatic heterocycles. The fraction of sp³-hybridized carbons (Fsp3) is 0.385. The van der Waals surface area contributed by atoms with Gasteiger partial charge in [0.05, 0.1) is 12.1 Å². The predicted molar refractivity (Wildman–Crippen MR) is 75.2 cm³/mol. The molecule has 2 heterocycles. The lowest BCUT2D eigenvalue weighted by Crippen LogP contribution is -2.16. The Morgan fingerprint density at radius 2 is 2.04 bits per heavy atom. The van der Waals surface area contributed by atoms with Crippen LogP contribution >= 0.6 is 0 Å². The number of carbonyl (C=O) groups excluding carboxylic acids is 1. The van der Waals surface area contributed by atoms with E-state index in [-0.39, 0.29) is 24.5 Å². The maximum Gasteiger partial charge on any atom is 0.333 e. The third kappa shape index (κ3) is 3.90. The molecule has 2 aromatic heterocycles. The van der Waals surface area contributed by atoms with E-state index in [9.17, 15) is 18.4 Å². The highest BCUT2D eigenvalue weighted by Gasteiger charge is 2.19. The summed E-state index contributed by atoms with van der Waals surface area (Å²) in [6.07, 6.45) is 1.28. The van der Waals surface area contributed by atoms with Gasteiger partial charge < -0.3 is 10.4 Å². The number of carboxylic acid groups (broad SMARTS) is 1. The second-order valence-corrected chi connectivity index (χ2v) is 4.89. The molecule has 8 nitrogen and oxygen atoms in total. The summed E-state index contributed by atoms with van der Waals surface area (Å²) in [5, 5.41) is 18.7. The summed E-state index contributed by atoms with van der Waals surface area (Å²) in [4.78, 5) is 22.6. The molecular weight excluding hydrogens is 312 g/mol. The number of aryl methyl sites for hydroxylation is 1. The van der Waals surface area contributed by atoms with Crippen LogP contribution in [0, 0.1) is 13.8 Å². The van der Waals surface area contributed by atoms with Gasteiger partial charge in [0.25, 0.3) is 0 Å². The van der Waals surface area contributed by atoms with Crippen molar-refractivity contribution in [2.24, 2.45) is 0 Å². The molecule has 0 fully saturated rings. The van der Waals surface area contributed by atoms with Crippen LogP contribution in [0.1, 0.15) is 23.5 Å². The van der Waals surface area contributed by atoms with Crippen molar-refractivity contribution in [3.8, 4) is 0 Å². The van der Waals surface area contributed by atoms with Crippen LogP contribution < -0.4 is 5.32 Å². The van der Waals surface area contributed by atoms with Gasteiger partial charge in [-0.15, -0.1) is 0 Å². The highest BCUT2D eigenvalue weighted by Crippen LogP contribution is 2.20. The predicted octanol–water partition coefficient (Wildman–Crippen LogP) is 1.36. The molecule has 0 spiro atoms. The summed E-state index contributed by atoms with van der Waals surface area (Å²) in [7, 11) is 0. The molecule has 0 aliphatic carbocycles. The van der Waals surface area contributed by atoms with Gasteiger partial charge in [0.1, 0.15) is 6.54 Å². The van der Waals surface area contributed by atoms with E-state index < -0.39 is 18.4 Å². The van der Waals surface area contributed by atoms with Crippen LogP contribution in [0.3, 0.4) is 0 Å². The van der Waals surface area contributed by atoms with Crippen molar-refractivity contribution in [1.82, 2.24) is 19.6 Å². The molecule has 124 valence electrons. The lowest BCUT2D eigenvalue weighted by atomic mass is 10.1. The quantitative estimate of drug-likeness (QED) is 0.834. The van der Waals surface area contributed by atoms with Crippen LogP contribution in [-0.2, 0) is 22.6 Å². The van der Waals surface area contributed by atoms with Gasteiger partial charge in [-0.2, -0.15) is 19.0 Å². The minimum Gasteiger partial charge on any atom is -0.480 e. The van der Waals surface area contributed by atoms with E-state index >= 15 is 0 Å². The SMILES string of the molecule is Cc1nn(C(F)F)c(C)c1CC(=O)Nc1ccn(CC(=O)O)n1. The number of carbonyl (C=O) groups is 2. The van der Waals surface area contributed by atoms with Gasteiger partial charge in [-0.3, -0.25) is 14.3 Å². The Labute approximate surface area is 129 Å². The Morgan fingerprint density at radius 3 is 2.61 bits per heavy atom. The third-order valence-electron chi connectivity index (χ3n) is 3.20. The number of nitrogens with zero attached hydrogens (tertiary/aromatic N) is 4. The molecule has 0 aromatic carbocycles. The average Bonchev–Trinajstić information content (AvgIpc) is 2.97. The van der Waals surface area contributed by atoms with Crippen molar-refractivity contribution < 1.29 is 23.5 Å². The molecule has 2 N–H and O–H groups in total. The largest absolute Gasteiger partial charge is 0.480 e. The first-order chi connectivity index (χ1) is 10.8. The lowest BCUT2D eigenvalue weighted by Gasteiger charge is -2.04. The van der Waals surface area contributed by atoms with E-state index in [2.05, 4.69) is 15.5 Å². The molecule has 0 saturated heterocycles. The zero-order valence-electron chi connectivity index (χ0n) is 12.5. The summed E-state index contributed by atoms with van der Waals surface area (Å²) < 4.78 is 27.2. The zero-order valence-corrected chi connectivity index (χ0v) is 12.5. The summed E-state index contributed by atoms with van der Waals surface area (Å²) >= 11 is 0. The van der Waals surface area contributed by atoms with Crippen molar-refractivity contribution in [1.29, 1.82) is 0 Å². The molecule has 23 heavy (non-hydrogen) atoms. The smallest absolute Gasteiger partial charge is 0.333 e. The number of aliphatic carboxylic acids is 1. The first-order valence-electron chi connectivity index (χ1n) is 6.65. The summed E-state index contributed by atoms with van der Waals surface area (Å²) in [6.45, 7) is -0.0703. The third-order valence-corrected chi connectivity index (χ3v) is 3.20. The number of rotatable bonds is 6. The Kier molecular flexibility index (Phi) is 4.72. The lowest BCUT2D eigenvalue weighted by molar-refractivity contribution is -0.137. The van der Waals surface area contributed by atoms with Gasteiger partial charge in [-0.05, 0) is 13.8 Å². The van der Waals surface area contributed by atoms with Crippen LogP contribution in [0.15, 0.2) is 12.3 Å². The summed E-state index contributed by atoms with van der Waals surface area (Å²) in [5.41, 5.74) is 1.01. The van der Waals surface area contributed by atoms with Crippen molar-refractivity contribution in [3.05, 3.63) is 29.2 Å². The van der Waals surface area contributed by atoms with Crippen molar-refractivity contribution in [2.45, 2.75) is 33.4 Å². The Bertz CT molecular complexity index is 738. The van der Waals surface area contributed by atoms with E-state index in [1.807, 2.05) is 0 Å². The topological polar surface area (TPSA) is 102 Å². The van der Waals surface area contributed by atoms with Gasteiger partial charge in [-0.25, -0.2) is 4.68 Å². The molecule has 1 amide bonds. The number of hydrogen-bond acceptors (Lipinski definition) is 4. The molecule has 0 bridgehead atoms. The van der Waals surface area contributed by atoms with Crippen molar-refractivity contribution >= 4 is 17.7 Å². The summed E-state index contributed by atoms with van der Waals surface area (Å²) in [5.74, 6) is -1.32. The maximum atomic E-state index is 12.8. The first-order valence-corrected chi connectivity index (χ1v) is 6.65. The van der Waals surface area contributed by atoms with E-state index in [0.29, 0.717) is 15.9 Å². The van der Waals surface area contributed by atoms with Crippen LogP contribution in [0.4, 0.5) is 14.6 Å². The van der Waals surface area contributed by atoms with Crippen molar-refractivity contribution in [3.63, 3.8) is 0 Å². The number of halogens is 2. The highest BCUT2D eigenvalue weighted by molar-refractivity contribution is 5.91. The second kappa shape index (κ2) is 6.55. The second-order valence-electron chi connectivity index (χ2n) is 4.89. The van der Waals surface area contributed by atoms with E-state index in [1.165, 1.54) is 19.2 Å². The van der Waals surface area contributed by atoms with Gasteiger partial charge in [-0.1, -0.05) is 0 Å². The minimum atomic E-state index is -2.77. The van der Waals surface area contributed by atoms with E-state index in [0.717, 1.165) is 4.68 Å². The van der Waals surface area contributed by atoms with Crippen molar-refractivity contribution in [2.75, 3.05) is 5.32 Å². The molecule has 0 unspecified atom stereocenters. The number of hydrogen-bond donors (Lipinski definition) is 2. The van der Waals surface area contributed by atoms with Crippen LogP contribution in [0.5, 0.6) is 0 Å². The molecular formula is C13H15F2N5O3. The standard InChI is InChI=1S/C13H15F2N5O3/c1-7-9(8(2)20(17-7)13(14)15)5-11(21)16-10-3-4-19(18-10)6-12(22)23/h3-4,13H,5-6H2,1-2H3,(H,22,23)(H,16,18,21). The number of alkyl halides is 2.